The Hall–Kier alpha value is -3.84. The number of imidazole rings is 2. The highest BCUT2D eigenvalue weighted by atomic mass is 35.5. The minimum Gasteiger partial charge on any atom is -0.395 e. The lowest BCUT2D eigenvalue weighted by atomic mass is 9.99. The number of benzene rings is 4. The molecule has 6 aromatic rings. The van der Waals surface area contributed by atoms with Gasteiger partial charge in [-0.15, -0.1) is 0 Å². The van der Waals surface area contributed by atoms with Gasteiger partial charge >= 0.3 is 0 Å². The molecule has 1 unspecified atom stereocenters. The van der Waals surface area contributed by atoms with Crippen molar-refractivity contribution in [3.63, 3.8) is 0 Å². The van der Waals surface area contributed by atoms with Crippen molar-refractivity contribution in [2.24, 2.45) is 0 Å². The summed E-state index contributed by atoms with van der Waals surface area (Å²) in [5, 5.41) is 11.3. The summed E-state index contributed by atoms with van der Waals surface area (Å²) in [7, 11) is -6.58. The SMILES string of the molecule is CCS(=O)(=O)c1ccc(C(CO)c2nc3c(Cl)c(N4CCC(F)(F)CC4)c(Cl)cc3[nH]2)cc1.CCS(=O)(=O)c1ccc(Cc2nc3c(Cl)c(N4CCC(F)(F)CC4)c(Cl)cc3[nH]2)cc1. The number of rotatable bonds is 11. The minimum absolute atomic E-state index is 0.00437. The van der Waals surface area contributed by atoms with Gasteiger partial charge in [0.25, 0.3) is 11.8 Å². The second-order valence-corrected chi connectivity index (χ2v) is 21.9. The summed E-state index contributed by atoms with van der Waals surface area (Å²) >= 11 is 26.1. The molecule has 21 heteroatoms. The number of fused-ring (bicyclic) bond motifs is 2. The number of aliphatic hydroxyl groups excluding tert-OH is 1. The van der Waals surface area contributed by atoms with E-state index in [0.29, 0.717) is 72.1 Å². The Morgan fingerprint density at radius 2 is 1.09 bits per heavy atom. The smallest absolute Gasteiger partial charge is 0.251 e. The van der Waals surface area contributed by atoms with Crippen molar-refractivity contribution in [1.29, 1.82) is 0 Å². The van der Waals surface area contributed by atoms with Crippen LogP contribution in [0.3, 0.4) is 0 Å². The molecule has 0 radical (unpaired) electrons. The fourth-order valence-corrected chi connectivity index (χ4v) is 11.0. The molecule has 2 aliphatic rings. The molecular formula is C43H44Cl4F4N6O5S2. The molecule has 1 atom stereocenters. The molecule has 2 fully saturated rings. The maximum Gasteiger partial charge on any atom is 0.251 e. The number of nitrogens with one attached hydrogen (secondary N) is 2. The van der Waals surface area contributed by atoms with Gasteiger partial charge in [-0.05, 0) is 47.5 Å². The molecule has 4 heterocycles. The van der Waals surface area contributed by atoms with E-state index in [1.54, 1.807) is 72.2 Å². The van der Waals surface area contributed by atoms with Gasteiger partial charge < -0.3 is 24.9 Å². The van der Waals surface area contributed by atoms with Gasteiger partial charge in [0.1, 0.15) is 22.7 Å². The molecule has 0 bridgehead atoms. The van der Waals surface area contributed by atoms with Gasteiger partial charge in [-0.3, -0.25) is 0 Å². The number of sulfone groups is 2. The molecule has 11 nitrogen and oxygen atoms in total. The largest absolute Gasteiger partial charge is 0.395 e. The van der Waals surface area contributed by atoms with Crippen LogP contribution in [0.4, 0.5) is 28.9 Å². The van der Waals surface area contributed by atoms with Crippen LogP contribution < -0.4 is 9.80 Å². The van der Waals surface area contributed by atoms with Crippen molar-refractivity contribution in [3.8, 4) is 0 Å². The molecule has 2 saturated heterocycles. The van der Waals surface area contributed by atoms with Crippen LogP contribution in [0.25, 0.3) is 22.1 Å². The van der Waals surface area contributed by atoms with Crippen LogP contribution in [-0.4, -0.2) is 98.0 Å². The number of aromatic amines is 2. The van der Waals surface area contributed by atoms with Crippen molar-refractivity contribution in [2.45, 2.75) is 73.5 Å². The van der Waals surface area contributed by atoms with Crippen LogP contribution in [0.2, 0.25) is 20.1 Å². The van der Waals surface area contributed by atoms with Crippen molar-refractivity contribution >= 4 is 99.5 Å². The van der Waals surface area contributed by atoms with E-state index in [-0.39, 0.29) is 84.8 Å². The van der Waals surface area contributed by atoms with Gasteiger partial charge in [0.05, 0.1) is 76.3 Å². The molecule has 0 spiro atoms. The average molecular weight is 1010 g/mol. The zero-order valence-electron chi connectivity index (χ0n) is 34.5. The third-order valence-electron chi connectivity index (χ3n) is 11.5. The van der Waals surface area contributed by atoms with Crippen LogP contribution in [-0.2, 0) is 26.1 Å². The predicted octanol–water partition coefficient (Wildman–Crippen LogP) is 10.5. The standard InChI is InChI=1S/C22H23Cl2F2N3O3S.C21H21Cl2F2N3O2S/c1-2-33(31,32)14-5-3-13(4-6-14)15(12-30)21-27-17-11-16(23)20(18(24)19(17)28-21)29-9-7-22(25,26)8-10-29;1-2-31(29,30)14-5-3-13(4-6-14)11-17-26-16-12-15(22)20(18(23)19(16)27-17)28-9-7-21(24,25)8-10-28/h3-6,11,15,30H,2,7-10,12H2,1H3,(H,27,28);3-6,12H,2,7-11H2,1H3,(H,26,27). The lowest BCUT2D eigenvalue weighted by Crippen LogP contribution is -2.39. The number of aromatic nitrogens is 4. The third-order valence-corrected chi connectivity index (χ3v) is 16.3. The molecule has 344 valence electrons. The molecule has 2 aliphatic heterocycles. The lowest BCUT2D eigenvalue weighted by Gasteiger charge is -2.34. The number of hydrogen-bond donors (Lipinski definition) is 3. The van der Waals surface area contributed by atoms with Gasteiger partial charge in [0, 0.05) is 58.3 Å². The van der Waals surface area contributed by atoms with Crippen LogP contribution in [0.5, 0.6) is 0 Å². The molecule has 0 saturated carbocycles. The first kappa shape index (κ1) is 48.1. The number of aliphatic hydroxyl groups is 1. The van der Waals surface area contributed by atoms with Gasteiger partial charge in [-0.25, -0.2) is 44.4 Å². The number of piperidine rings is 2. The Balaban J connectivity index is 0.000000192. The van der Waals surface area contributed by atoms with Crippen molar-refractivity contribution in [2.75, 3.05) is 54.1 Å². The highest BCUT2D eigenvalue weighted by Gasteiger charge is 2.37. The van der Waals surface area contributed by atoms with Crippen molar-refractivity contribution < 1.29 is 39.5 Å². The maximum absolute atomic E-state index is 13.6. The number of H-pyrrole nitrogens is 2. The first-order chi connectivity index (χ1) is 30.2. The van der Waals surface area contributed by atoms with Gasteiger partial charge in [-0.2, -0.15) is 0 Å². The summed E-state index contributed by atoms with van der Waals surface area (Å²) in [5.41, 5.74) is 4.70. The van der Waals surface area contributed by atoms with E-state index in [1.807, 2.05) is 0 Å². The Bertz CT molecular complexity index is 2880. The van der Waals surface area contributed by atoms with Crippen LogP contribution in [0.15, 0.2) is 70.5 Å². The van der Waals surface area contributed by atoms with Gasteiger partial charge in [0.15, 0.2) is 19.7 Å². The summed E-state index contributed by atoms with van der Waals surface area (Å²) < 4.78 is 102. The fourth-order valence-electron chi connectivity index (χ4n) is 7.75. The number of nitrogens with zero attached hydrogens (tertiary/aromatic N) is 4. The van der Waals surface area contributed by atoms with E-state index in [2.05, 4.69) is 19.9 Å². The number of halogens is 8. The summed E-state index contributed by atoms with van der Waals surface area (Å²) in [6, 6.07) is 16.3. The van der Waals surface area contributed by atoms with Crippen LogP contribution in [0.1, 0.15) is 68.2 Å². The molecule has 2 aromatic heterocycles. The molecule has 4 aromatic carbocycles. The van der Waals surface area contributed by atoms with Crippen molar-refractivity contribution in [1.82, 2.24) is 19.9 Å². The predicted molar refractivity (Wildman–Crippen MR) is 245 cm³/mol. The summed E-state index contributed by atoms with van der Waals surface area (Å²) in [5.74, 6) is -4.80. The number of anilines is 2. The monoisotopic (exact) mass is 1000 g/mol. The summed E-state index contributed by atoms with van der Waals surface area (Å²) in [4.78, 5) is 19.5. The van der Waals surface area contributed by atoms with E-state index >= 15 is 0 Å². The molecule has 8 rings (SSSR count). The maximum atomic E-state index is 13.6. The zero-order valence-corrected chi connectivity index (χ0v) is 39.2. The second kappa shape index (κ2) is 18.8. The highest BCUT2D eigenvalue weighted by molar-refractivity contribution is 7.91. The number of alkyl halides is 4. The highest BCUT2D eigenvalue weighted by Crippen LogP contribution is 2.44. The second-order valence-electron chi connectivity index (χ2n) is 15.8. The Morgan fingerprint density at radius 3 is 1.53 bits per heavy atom. The molecule has 3 N–H and O–H groups in total. The van der Waals surface area contributed by atoms with E-state index in [4.69, 9.17) is 46.4 Å². The van der Waals surface area contributed by atoms with E-state index in [0.717, 1.165) is 5.56 Å². The summed E-state index contributed by atoms with van der Waals surface area (Å²) in [6.07, 6.45) is -0.597. The van der Waals surface area contributed by atoms with Crippen LogP contribution in [0, 0.1) is 0 Å². The van der Waals surface area contributed by atoms with E-state index in [1.165, 1.54) is 12.1 Å². The quantitative estimate of drug-likeness (QED) is 0.108. The third kappa shape index (κ3) is 10.2. The first-order valence-electron chi connectivity index (χ1n) is 20.4. The van der Waals surface area contributed by atoms with Crippen LogP contribution >= 0.6 is 46.4 Å². The lowest BCUT2D eigenvalue weighted by molar-refractivity contribution is -0.0226. The molecular weight excluding hydrogens is 962 g/mol. The normalized spacial score (nSPS) is 17.1. The number of hydrogen-bond acceptors (Lipinski definition) is 9. The first-order valence-corrected chi connectivity index (χ1v) is 25.2. The van der Waals surface area contributed by atoms with E-state index in [9.17, 15) is 39.5 Å². The van der Waals surface area contributed by atoms with Gasteiger partial charge in [-0.1, -0.05) is 84.5 Å². The Labute approximate surface area is 387 Å². The topological polar surface area (TPSA) is 152 Å². The fraction of sp³-hybridized carbons (Fsp3) is 0.395. The zero-order chi connectivity index (χ0) is 46.4. The molecule has 0 amide bonds. The van der Waals surface area contributed by atoms with Crippen molar-refractivity contribution in [3.05, 3.63) is 104 Å². The Kier molecular flexibility index (Phi) is 14.1. The van der Waals surface area contributed by atoms with Gasteiger partial charge in [0.2, 0.25) is 0 Å². The summed E-state index contributed by atoms with van der Waals surface area (Å²) in [6.45, 7) is 3.50. The Morgan fingerprint density at radius 1 is 0.672 bits per heavy atom. The molecule has 0 aliphatic carbocycles. The van der Waals surface area contributed by atoms with E-state index < -0.39 is 37.4 Å². The average Bonchev–Trinajstić information content (AvgIpc) is 3.87. The minimum atomic E-state index is -3.34. The molecule has 64 heavy (non-hydrogen) atoms.